The van der Waals surface area contributed by atoms with Crippen molar-refractivity contribution in [1.82, 2.24) is 19.8 Å². The van der Waals surface area contributed by atoms with Crippen LogP contribution in [0.4, 0.5) is 0 Å². The van der Waals surface area contributed by atoms with Crippen LogP contribution in [0.3, 0.4) is 0 Å². The molecule has 1 saturated carbocycles. The molecule has 1 aromatic heterocycles. The average molecular weight is 382 g/mol. The number of nitrogens with zero attached hydrogens (tertiary/aromatic N) is 3. The molecule has 1 aliphatic heterocycles. The summed E-state index contributed by atoms with van der Waals surface area (Å²) < 4.78 is 7.35. The van der Waals surface area contributed by atoms with Crippen molar-refractivity contribution >= 4 is 11.8 Å². The zero-order valence-electron chi connectivity index (χ0n) is 16.4. The monoisotopic (exact) mass is 382 g/mol. The minimum atomic E-state index is -0.0378. The SMILES string of the molecule is COc1ccccc1C(=O)N1CCc2nc(CNC(=O)C3CCC3)n(C)c2C1. The molecule has 148 valence electrons. The molecule has 7 heteroatoms. The molecule has 2 aliphatic rings. The zero-order valence-corrected chi connectivity index (χ0v) is 16.4. The van der Waals surface area contributed by atoms with Gasteiger partial charge < -0.3 is 19.5 Å². The van der Waals surface area contributed by atoms with Crippen LogP contribution >= 0.6 is 0 Å². The van der Waals surface area contributed by atoms with Crippen LogP contribution in [0.1, 0.15) is 46.8 Å². The van der Waals surface area contributed by atoms with Crippen LogP contribution < -0.4 is 10.1 Å². The van der Waals surface area contributed by atoms with Crippen LogP contribution in [0, 0.1) is 5.92 Å². The summed E-state index contributed by atoms with van der Waals surface area (Å²) in [6, 6.07) is 7.30. The van der Waals surface area contributed by atoms with E-state index in [0.717, 1.165) is 36.5 Å². The van der Waals surface area contributed by atoms with Gasteiger partial charge in [0.05, 0.1) is 37.2 Å². The first-order valence-electron chi connectivity index (χ1n) is 9.82. The first-order valence-corrected chi connectivity index (χ1v) is 9.82. The Morgan fingerprint density at radius 3 is 2.79 bits per heavy atom. The van der Waals surface area contributed by atoms with E-state index in [1.54, 1.807) is 19.2 Å². The van der Waals surface area contributed by atoms with Crippen molar-refractivity contribution in [3.8, 4) is 5.75 Å². The molecule has 28 heavy (non-hydrogen) atoms. The highest BCUT2D eigenvalue weighted by Crippen LogP contribution is 2.27. The number of benzene rings is 1. The third-order valence-electron chi connectivity index (χ3n) is 5.87. The van der Waals surface area contributed by atoms with Crippen LogP contribution in [-0.4, -0.2) is 39.9 Å². The second kappa shape index (κ2) is 7.66. The van der Waals surface area contributed by atoms with E-state index in [9.17, 15) is 9.59 Å². The summed E-state index contributed by atoms with van der Waals surface area (Å²) in [5, 5.41) is 3.01. The van der Waals surface area contributed by atoms with Gasteiger partial charge in [-0.1, -0.05) is 18.6 Å². The first-order chi connectivity index (χ1) is 13.6. The van der Waals surface area contributed by atoms with Crippen molar-refractivity contribution in [2.75, 3.05) is 13.7 Å². The first kappa shape index (κ1) is 18.5. The number of imidazole rings is 1. The molecule has 2 heterocycles. The van der Waals surface area contributed by atoms with E-state index in [0.29, 0.717) is 37.4 Å². The molecule has 0 saturated heterocycles. The molecule has 0 bridgehead atoms. The maximum Gasteiger partial charge on any atom is 0.257 e. The fourth-order valence-corrected chi connectivity index (χ4v) is 3.85. The van der Waals surface area contributed by atoms with Crippen LogP contribution in [-0.2, 0) is 31.4 Å². The molecule has 4 rings (SSSR count). The summed E-state index contributed by atoms with van der Waals surface area (Å²) in [7, 11) is 3.53. The molecule has 1 aliphatic carbocycles. The van der Waals surface area contributed by atoms with Crippen LogP contribution in [0.5, 0.6) is 5.75 Å². The van der Waals surface area contributed by atoms with Crippen LogP contribution in [0.25, 0.3) is 0 Å². The van der Waals surface area contributed by atoms with E-state index < -0.39 is 0 Å². The van der Waals surface area contributed by atoms with Crippen molar-refractivity contribution in [2.45, 2.75) is 38.8 Å². The zero-order chi connectivity index (χ0) is 19.7. The molecule has 0 unspecified atom stereocenters. The highest BCUT2D eigenvalue weighted by molar-refractivity contribution is 5.97. The number of carbonyl (C=O) groups is 2. The minimum Gasteiger partial charge on any atom is -0.496 e. The number of ether oxygens (including phenoxy) is 1. The van der Waals surface area contributed by atoms with E-state index in [4.69, 9.17) is 9.72 Å². The maximum absolute atomic E-state index is 13.0. The van der Waals surface area contributed by atoms with Gasteiger partial charge >= 0.3 is 0 Å². The van der Waals surface area contributed by atoms with Gasteiger partial charge in [-0.15, -0.1) is 0 Å². The summed E-state index contributed by atoms with van der Waals surface area (Å²) in [6.45, 7) is 1.56. The van der Waals surface area contributed by atoms with Crippen molar-refractivity contribution in [3.05, 3.63) is 47.0 Å². The Labute approximate surface area is 164 Å². The largest absolute Gasteiger partial charge is 0.496 e. The molecule has 2 aromatic rings. The highest BCUT2D eigenvalue weighted by atomic mass is 16.5. The Balaban J connectivity index is 1.47. The Morgan fingerprint density at radius 1 is 1.29 bits per heavy atom. The molecule has 1 aromatic carbocycles. The third kappa shape index (κ3) is 3.37. The van der Waals surface area contributed by atoms with Gasteiger partial charge in [0.25, 0.3) is 5.91 Å². The van der Waals surface area contributed by atoms with Crippen molar-refractivity contribution in [3.63, 3.8) is 0 Å². The summed E-state index contributed by atoms with van der Waals surface area (Å²) in [4.78, 5) is 31.6. The topological polar surface area (TPSA) is 76.5 Å². The number of rotatable bonds is 5. The van der Waals surface area contributed by atoms with Gasteiger partial charge in [0.2, 0.25) is 5.91 Å². The molecular formula is C21H26N4O3. The number of methoxy groups -OCH3 is 1. The van der Waals surface area contributed by atoms with Crippen molar-refractivity contribution in [1.29, 1.82) is 0 Å². The fourth-order valence-electron chi connectivity index (χ4n) is 3.85. The van der Waals surface area contributed by atoms with E-state index in [2.05, 4.69) is 5.32 Å². The lowest BCUT2D eigenvalue weighted by Gasteiger charge is -2.27. The summed E-state index contributed by atoms with van der Waals surface area (Å²) in [5.74, 6) is 1.68. The molecule has 0 atom stereocenters. The molecule has 1 N–H and O–H groups in total. The number of amides is 2. The van der Waals surface area contributed by atoms with Crippen molar-refractivity contribution in [2.24, 2.45) is 13.0 Å². The number of para-hydroxylation sites is 1. The van der Waals surface area contributed by atoms with E-state index >= 15 is 0 Å². The summed E-state index contributed by atoms with van der Waals surface area (Å²) >= 11 is 0. The van der Waals surface area contributed by atoms with Gasteiger partial charge in [0, 0.05) is 25.9 Å². The van der Waals surface area contributed by atoms with Crippen LogP contribution in [0.15, 0.2) is 24.3 Å². The number of aromatic nitrogens is 2. The predicted octanol–water partition coefficient (Wildman–Crippen LogP) is 2.04. The summed E-state index contributed by atoms with van der Waals surface area (Å²) in [5.41, 5.74) is 2.62. The summed E-state index contributed by atoms with van der Waals surface area (Å²) in [6.07, 6.45) is 3.83. The van der Waals surface area contributed by atoms with Gasteiger partial charge in [-0.3, -0.25) is 9.59 Å². The third-order valence-corrected chi connectivity index (χ3v) is 5.87. The van der Waals surface area contributed by atoms with Gasteiger partial charge in [-0.2, -0.15) is 0 Å². The number of nitrogens with one attached hydrogen (secondary N) is 1. The number of hydrogen-bond donors (Lipinski definition) is 1. The Bertz CT molecular complexity index is 901. The predicted molar refractivity (Wildman–Crippen MR) is 104 cm³/mol. The lowest BCUT2D eigenvalue weighted by atomic mass is 9.85. The maximum atomic E-state index is 13.0. The Kier molecular flexibility index (Phi) is 5.07. The molecule has 7 nitrogen and oxygen atoms in total. The molecule has 0 spiro atoms. The lowest BCUT2D eigenvalue weighted by molar-refractivity contribution is -0.127. The number of fused-ring (bicyclic) bond motifs is 1. The molecule has 1 fully saturated rings. The standard InChI is InChI=1S/C21H26N4O3/c1-24-17-13-25(21(27)15-8-3-4-9-18(15)28-2)11-10-16(17)23-19(24)12-22-20(26)14-6-5-7-14/h3-4,8-9,14H,5-7,10-13H2,1-2H3,(H,22,26). The van der Waals surface area contributed by atoms with Gasteiger partial charge in [-0.05, 0) is 25.0 Å². The van der Waals surface area contributed by atoms with E-state index in [1.807, 2.05) is 28.6 Å². The molecule has 2 amide bonds. The Morgan fingerprint density at radius 2 is 2.07 bits per heavy atom. The average Bonchev–Trinajstić information content (AvgIpc) is 2.99. The second-order valence-corrected chi connectivity index (χ2v) is 7.50. The molecule has 0 radical (unpaired) electrons. The minimum absolute atomic E-state index is 0.0378. The normalized spacial score (nSPS) is 16.3. The van der Waals surface area contributed by atoms with E-state index in [-0.39, 0.29) is 17.7 Å². The quantitative estimate of drug-likeness (QED) is 0.859. The smallest absolute Gasteiger partial charge is 0.257 e. The Hall–Kier alpha value is -2.83. The van der Waals surface area contributed by atoms with Crippen molar-refractivity contribution < 1.29 is 14.3 Å². The van der Waals surface area contributed by atoms with Gasteiger partial charge in [0.15, 0.2) is 0 Å². The second-order valence-electron chi connectivity index (χ2n) is 7.50. The number of hydrogen-bond acceptors (Lipinski definition) is 4. The van der Waals surface area contributed by atoms with Crippen LogP contribution in [0.2, 0.25) is 0 Å². The number of carbonyl (C=O) groups excluding carboxylic acids is 2. The fraction of sp³-hybridized carbons (Fsp3) is 0.476. The van der Waals surface area contributed by atoms with Gasteiger partial charge in [-0.25, -0.2) is 4.98 Å². The molecular weight excluding hydrogens is 356 g/mol. The van der Waals surface area contributed by atoms with E-state index in [1.165, 1.54) is 0 Å². The highest BCUT2D eigenvalue weighted by Gasteiger charge is 2.29. The van der Waals surface area contributed by atoms with Gasteiger partial charge in [0.1, 0.15) is 11.6 Å². The lowest BCUT2D eigenvalue weighted by Crippen LogP contribution is -2.37.